The Bertz CT molecular complexity index is 808. The summed E-state index contributed by atoms with van der Waals surface area (Å²) in [5, 5.41) is 11.3. The first-order chi connectivity index (χ1) is 11.2. The van der Waals surface area contributed by atoms with Crippen molar-refractivity contribution in [3.05, 3.63) is 22.4 Å². The molecule has 0 spiro atoms. The van der Waals surface area contributed by atoms with Gasteiger partial charge in [0, 0.05) is 18.5 Å². The van der Waals surface area contributed by atoms with E-state index < -0.39 is 39.8 Å². The van der Waals surface area contributed by atoms with Crippen molar-refractivity contribution in [1.82, 2.24) is 10.3 Å². The number of hydrogen-bond acceptors (Lipinski definition) is 6. The SMILES string of the molecule is CC(C#N)(CS(C)(=O)=O)NC(=O)c1cc(OCC(F)(F)F)c(Br)cn1. The molecule has 0 aliphatic carbocycles. The number of rotatable bonds is 6. The summed E-state index contributed by atoms with van der Waals surface area (Å²) in [6.07, 6.45) is -2.61. The summed E-state index contributed by atoms with van der Waals surface area (Å²) in [5.41, 5.74) is -2.07. The molecular weight excluding hydrogens is 431 g/mol. The van der Waals surface area contributed by atoms with Crippen molar-refractivity contribution >= 4 is 31.7 Å². The van der Waals surface area contributed by atoms with Gasteiger partial charge in [0.15, 0.2) is 16.4 Å². The number of carbonyl (C=O) groups is 1. The fourth-order valence-electron chi connectivity index (χ4n) is 1.75. The number of nitrogens with zero attached hydrogens (tertiary/aromatic N) is 2. The zero-order valence-electron chi connectivity index (χ0n) is 13.0. The van der Waals surface area contributed by atoms with Crippen LogP contribution in [0.4, 0.5) is 13.2 Å². The van der Waals surface area contributed by atoms with Crippen LogP contribution in [0.3, 0.4) is 0 Å². The van der Waals surface area contributed by atoms with Crippen LogP contribution in [0.2, 0.25) is 0 Å². The van der Waals surface area contributed by atoms with Crippen molar-refractivity contribution in [3.8, 4) is 11.8 Å². The van der Waals surface area contributed by atoms with Crippen LogP contribution in [0.15, 0.2) is 16.7 Å². The Balaban J connectivity index is 3.00. The molecule has 1 aromatic heterocycles. The Morgan fingerprint density at radius 3 is 2.56 bits per heavy atom. The second-order valence-electron chi connectivity index (χ2n) is 5.37. The third-order valence-corrected chi connectivity index (χ3v) is 4.33. The predicted molar refractivity (Wildman–Crippen MR) is 84.7 cm³/mol. The molecule has 0 aliphatic rings. The van der Waals surface area contributed by atoms with Gasteiger partial charge in [-0.2, -0.15) is 18.4 Å². The number of amides is 1. The highest BCUT2D eigenvalue weighted by molar-refractivity contribution is 9.10. The standard InChI is InChI=1S/C13H13BrF3N3O4S/c1-12(5-18,7-25(2,22)23)20-11(21)9-3-10(8(14)4-19-9)24-6-13(15,16)17/h3-4H,6-7H2,1-2H3,(H,20,21). The highest BCUT2D eigenvalue weighted by Gasteiger charge is 2.32. The quantitative estimate of drug-likeness (QED) is 0.718. The van der Waals surface area contributed by atoms with Gasteiger partial charge in [-0.05, 0) is 22.9 Å². The Kier molecular flexibility index (Phi) is 6.41. The molecular formula is C13H13BrF3N3O4S. The van der Waals surface area contributed by atoms with Gasteiger partial charge in [0.25, 0.3) is 5.91 Å². The molecule has 0 saturated carbocycles. The van der Waals surface area contributed by atoms with Crippen LogP contribution in [0, 0.1) is 11.3 Å². The van der Waals surface area contributed by atoms with Crippen molar-refractivity contribution in [1.29, 1.82) is 5.26 Å². The molecule has 0 radical (unpaired) electrons. The summed E-state index contributed by atoms with van der Waals surface area (Å²) < 4.78 is 64.1. The van der Waals surface area contributed by atoms with E-state index in [0.29, 0.717) is 0 Å². The predicted octanol–water partition coefficient (Wildman–Crippen LogP) is 1.84. The summed E-state index contributed by atoms with van der Waals surface area (Å²) in [6.45, 7) is -0.369. The van der Waals surface area contributed by atoms with Gasteiger partial charge in [0.2, 0.25) is 0 Å². The van der Waals surface area contributed by atoms with Gasteiger partial charge in [-0.3, -0.25) is 4.79 Å². The minimum Gasteiger partial charge on any atom is -0.483 e. The number of nitriles is 1. The number of nitrogens with one attached hydrogen (secondary N) is 1. The van der Waals surface area contributed by atoms with Crippen LogP contribution in [-0.4, -0.2) is 49.6 Å². The van der Waals surface area contributed by atoms with E-state index in [4.69, 9.17) is 5.26 Å². The second-order valence-corrected chi connectivity index (χ2v) is 8.37. The smallest absolute Gasteiger partial charge is 0.422 e. The number of hydrogen-bond donors (Lipinski definition) is 1. The maximum Gasteiger partial charge on any atom is 0.422 e. The Labute approximate surface area is 150 Å². The van der Waals surface area contributed by atoms with Gasteiger partial charge < -0.3 is 10.1 Å². The molecule has 1 amide bonds. The molecule has 25 heavy (non-hydrogen) atoms. The van der Waals surface area contributed by atoms with Crippen LogP contribution in [-0.2, 0) is 9.84 Å². The van der Waals surface area contributed by atoms with Gasteiger partial charge in [-0.25, -0.2) is 13.4 Å². The molecule has 1 atom stereocenters. The molecule has 1 aromatic rings. The molecule has 138 valence electrons. The lowest BCUT2D eigenvalue weighted by molar-refractivity contribution is -0.153. The van der Waals surface area contributed by atoms with E-state index in [9.17, 15) is 26.4 Å². The Hall–Kier alpha value is -1.87. The summed E-state index contributed by atoms with van der Waals surface area (Å²) in [6, 6.07) is 2.63. The van der Waals surface area contributed by atoms with Crippen LogP contribution in [0.5, 0.6) is 5.75 Å². The first-order valence-electron chi connectivity index (χ1n) is 6.51. The minimum atomic E-state index is -4.57. The summed E-state index contributed by atoms with van der Waals surface area (Å²) in [5.74, 6) is -1.85. The number of aromatic nitrogens is 1. The van der Waals surface area contributed by atoms with Gasteiger partial charge in [-0.1, -0.05) is 0 Å². The van der Waals surface area contributed by atoms with E-state index >= 15 is 0 Å². The maximum absolute atomic E-state index is 12.2. The molecule has 0 fully saturated rings. The number of sulfone groups is 1. The van der Waals surface area contributed by atoms with Crippen LogP contribution >= 0.6 is 15.9 Å². The average Bonchev–Trinajstić information content (AvgIpc) is 2.43. The molecule has 1 heterocycles. The van der Waals surface area contributed by atoms with E-state index in [0.717, 1.165) is 18.5 Å². The summed E-state index contributed by atoms with van der Waals surface area (Å²) in [7, 11) is -3.58. The zero-order chi connectivity index (χ0) is 19.5. The molecule has 0 bridgehead atoms. The number of ether oxygens (including phenoxy) is 1. The Morgan fingerprint density at radius 1 is 1.48 bits per heavy atom. The average molecular weight is 444 g/mol. The highest BCUT2D eigenvalue weighted by Crippen LogP contribution is 2.27. The van der Waals surface area contributed by atoms with E-state index in [1.54, 1.807) is 6.07 Å². The van der Waals surface area contributed by atoms with Gasteiger partial charge in [-0.15, -0.1) is 0 Å². The molecule has 12 heteroatoms. The minimum absolute atomic E-state index is 0.0903. The fourth-order valence-corrected chi connectivity index (χ4v) is 3.27. The lowest BCUT2D eigenvalue weighted by atomic mass is 10.1. The fraction of sp³-hybridized carbons (Fsp3) is 0.462. The third kappa shape index (κ3) is 7.27. The lowest BCUT2D eigenvalue weighted by Crippen LogP contribution is -2.49. The zero-order valence-corrected chi connectivity index (χ0v) is 15.4. The van der Waals surface area contributed by atoms with Gasteiger partial charge in [0.1, 0.15) is 17.0 Å². The molecule has 7 nitrogen and oxygen atoms in total. The van der Waals surface area contributed by atoms with Gasteiger partial charge >= 0.3 is 6.18 Å². The Morgan fingerprint density at radius 2 is 2.08 bits per heavy atom. The second kappa shape index (κ2) is 7.57. The van der Waals surface area contributed by atoms with Crippen LogP contribution < -0.4 is 10.1 Å². The van der Waals surface area contributed by atoms with Crippen molar-refractivity contribution < 1.29 is 31.1 Å². The molecule has 1 unspecified atom stereocenters. The molecule has 1 rings (SSSR count). The number of pyridine rings is 1. The third-order valence-electron chi connectivity index (χ3n) is 2.63. The van der Waals surface area contributed by atoms with Gasteiger partial charge in [0.05, 0.1) is 16.3 Å². The number of alkyl halides is 3. The van der Waals surface area contributed by atoms with E-state index in [1.807, 2.05) is 0 Å². The summed E-state index contributed by atoms with van der Waals surface area (Å²) in [4.78, 5) is 15.9. The molecule has 1 N–H and O–H groups in total. The maximum atomic E-state index is 12.2. The number of halogens is 4. The van der Waals surface area contributed by atoms with Crippen LogP contribution in [0.1, 0.15) is 17.4 Å². The lowest BCUT2D eigenvalue weighted by Gasteiger charge is -2.22. The van der Waals surface area contributed by atoms with Crippen molar-refractivity contribution in [2.75, 3.05) is 18.6 Å². The first-order valence-corrected chi connectivity index (χ1v) is 9.37. The number of carbonyl (C=O) groups excluding carboxylic acids is 1. The van der Waals surface area contributed by atoms with Crippen molar-refractivity contribution in [3.63, 3.8) is 0 Å². The van der Waals surface area contributed by atoms with E-state index in [1.165, 1.54) is 6.92 Å². The molecule has 0 aliphatic heterocycles. The topological polar surface area (TPSA) is 109 Å². The van der Waals surface area contributed by atoms with E-state index in [-0.39, 0.29) is 15.9 Å². The largest absolute Gasteiger partial charge is 0.483 e. The monoisotopic (exact) mass is 443 g/mol. The van der Waals surface area contributed by atoms with Crippen molar-refractivity contribution in [2.24, 2.45) is 0 Å². The van der Waals surface area contributed by atoms with E-state index in [2.05, 4.69) is 31.0 Å². The molecule has 0 saturated heterocycles. The normalized spacial score (nSPS) is 14.3. The first kappa shape index (κ1) is 21.2. The van der Waals surface area contributed by atoms with Crippen LogP contribution in [0.25, 0.3) is 0 Å². The summed E-state index contributed by atoms with van der Waals surface area (Å²) >= 11 is 2.94. The highest BCUT2D eigenvalue weighted by atomic mass is 79.9. The molecule has 0 aromatic carbocycles. The van der Waals surface area contributed by atoms with Crippen molar-refractivity contribution in [2.45, 2.75) is 18.6 Å².